The van der Waals surface area contributed by atoms with Crippen molar-refractivity contribution >= 4 is 0 Å². The van der Waals surface area contributed by atoms with Gasteiger partial charge in [0.05, 0.1) is 6.20 Å². The van der Waals surface area contributed by atoms with E-state index in [1.54, 1.807) is 12.3 Å². The number of piperazine rings is 1. The van der Waals surface area contributed by atoms with Crippen LogP contribution in [-0.4, -0.2) is 60.1 Å². The maximum atomic E-state index is 13.1. The van der Waals surface area contributed by atoms with Crippen LogP contribution >= 0.6 is 0 Å². The highest BCUT2D eigenvalue weighted by Gasteiger charge is 2.25. The highest BCUT2D eigenvalue weighted by molar-refractivity contribution is 5.10. The molecule has 1 aromatic heterocycles. The fourth-order valence-electron chi connectivity index (χ4n) is 3.04. The number of nitrogens with one attached hydrogen (secondary N) is 1. The highest BCUT2D eigenvalue weighted by Crippen LogP contribution is 2.14. The lowest BCUT2D eigenvalue weighted by Crippen LogP contribution is -2.50. The van der Waals surface area contributed by atoms with E-state index in [0.717, 1.165) is 57.4 Å². The Morgan fingerprint density at radius 1 is 1.26 bits per heavy atom. The Morgan fingerprint density at radius 3 is 2.79 bits per heavy atom. The molecule has 19 heavy (non-hydrogen) atoms. The van der Waals surface area contributed by atoms with E-state index in [2.05, 4.69) is 20.1 Å². The average molecular weight is 264 g/mol. The van der Waals surface area contributed by atoms with Gasteiger partial charge in [-0.15, -0.1) is 0 Å². The van der Waals surface area contributed by atoms with E-state index in [0.29, 0.717) is 0 Å². The second-order valence-corrected chi connectivity index (χ2v) is 5.47. The molecule has 4 nitrogen and oxygen atoms in total. The maximum Gasteiger partial charge on any atom is 0.141 e. The minimum atomic E-state index is -0.242. The van der Waals surface area contributed by atoms with Gasteiger partial charge in [-0.1, -0.05) is 0 Å². The second-order valence-electron chi connectivity index (χ2n) is 5.47. The van der Waals surface area contributed by atoms with Gasteiger partial charge < -0.3 is 5.32 Å². The molecule has 3 rings (SSSR count). The number of hydrogen-bond acceptors (Lipinski definition) is 4. The Hall–Kier alpha value is -1.04. The van der Waals surface area contributed by atoms with Gasteiger partial charge in [0.25, 0.3) is 0 Å². The van der Waals surface area contributed by atoms with Crippen molar-refractivity contribution in [2.45, 2.75) is 19.0 Å². The van der Waals surface area contributed by atoms with Crippen molar-refractivity contribution in [3.05, 3.63) is 29.8 Å². The Labute approximate surface area is 113 Å². The SMILES string of the molecule is Fc1cncc(CN2CCN(C3CCNC3)CC2)c1. The predicted octanol–water partition coefficient (Wildman–Crippen LogP) is 0.700. The lowest BCUT2D eigenvalue weighted by molar-refractivity contribution is 0.0980. The molecule has 1 unspecified atom stereocenters. The highest BCUT2D eigenvalue weighted by atomic mass is 19.1. The van der Waals surface area contributed by atoms with Crippen molar-refractivity contribution in [1.29, 1.82) is 0 Å². The molecule has 104 valence electrons. The quantitative estimate of drug-likeness (QED) is 0.871. The van der Waals surface area contributed by atoms with Gasteiger partial charge in [0.2, 0.25) is 0 Å². The number of rotatable bonds is 3. The molecule has 1 aromatic rings. The first-order valence-electron chi connectivity index (χ1n) is 7.08. The van der Waals surface area contributed by atoms with E-state index >= 15 is 0 Å². The number of aromatic nitrogens is 1. The van der Waals surface area contributed by atoms with E-state index in [1.807, 2.05) is 0 Å². The van der Waals surface area contributed by atoms with Crippen LogP contribution in [0.4, 0.5) is 4.39 Å². The molecule has 0 amide bonds. The lowest BCUT2D eigenvalue weighted by atomic mass is 10.1. The van der Waals surface area contributed by atoms with Gasteiger partial charge in [-0.05, 0) is 24.6 Å². The van der Waals surface area contributed by atoms with E-state index in [4.69, 9.17) is 0 Å². The summed E-state index contributed by atoms with van der Waals surface area (Å²) < 4.78 is 13.1. The molecule has 0 bridgehead atoms. The standard InChI is InChI=1S/C14H21FN4/c15-13-7-12(8-17-9-13)11-18-3-5-19(6-4-18)14-1-2-16-10-14/h7-9,14,16H,1-6,10-11H2. The normalized spacial score (nSPS) is 25.8. The largest absolute Gasteiger partial charge is 0.315 e. The topological polar surface area (TPSA) is 31.4 Å². The van der Waals surface area contributed by atoms with Crippen molar-refractivity contribution < 1.29 is 4.39 Å². The van der Waals surface area contributed by atoms with E-state index in [-0.39, 0.29) is 5.82 Å². The summed E-state index contributed by atoms with van der Waals surface area (Å²) >= 11 is 0. The maximum absolute atomic E-state index is 13.1. The second kappa shape index (κ2) is 5.94. The lowest BCUT2D eigenvalue weighted by Gasteiger charge is -2.37. The third kappa shape index (κ3) is 3.29. The minimum Gasteiger partial charge on any atom is -0.315 e. The van der Waals surface area contributed by atoms with Crippen molar-refractivity contribution in [3.63, 3.8) is 0 Å². The van der Waals surface area contributed by atoms with Gasteiger partial charge in [-0.25, -0.2) is 4.39 Å². The number of nitrogens with zero attached hydrogens (tertiary/aromatic N) is 3. The molecular formula is C14H21FN4. The molecule has 5 heteroatoms. The van der Waals surface area contributed by atoms with Crippen molar-refractivity contribution in [1.82, 2.24) is 20.1 Å². The molecule has 0 saturated carbocycles. The molecule has 2 aliphatic rings. The zero-order chi connectivity index (χ0) is 13.1. The summed E-state index contributed by atoms with van der Waals surface area (Å²) in [6.45, 7) is 7.46. The summed E-state index contributed by atoms with van der Waals surface area (Å²) in [6.07, 6.45) is 4.29. The zero-order valence-electron chi connectivity index (χ0n) is 11.2. The van der Waals surface area contributed by atoms with Crippen LogP contribution in [-0.2, 0) is 6.54 Å². The molecule has 0 spiro atoms. The summed E-state index contributed by atoms with van der Waals surface area (Å²) in [5, 5.41) is 3.42. The molecule has 0 radical (unpaired) electrons. The number of halogens is 1. The van der Waals surface area contributed by atoms with Gasteiger partial charge >= 0.3 is 0 Å². The van der Waals surface area contributed by atoms with Gasteiger partial charge in [0, 0.05) is 51.5 Å². The molecule has 2 fully saturated rings. The van der Waals surface area contributed by atoms with Crippen LogP contribution in [0.25, 0.3) is 0 Å². The third-order valence-electron chi connectivity index (χ3n) is 4.13. The predicted molar refractivity (Wildman–Crippen MR) is 72.3 cm³/mol. The molecule has 2 aliphatic heterocycles. The first kappa shape index (κ1) is 13.0. The van der Waals surface area contributed by atoms with E-state index in [1.165, 1.54) is 12.6 Å². The summed E-state index contributed by atoms with van der Waals surface area (Å²) in [4.78, 5) is 8.88. The van der Waals surface area contributed by atoms with Crippen molar-refractivity contribution in [2.24, 2.45) is 0 Å². The van der Waals surface area contributed by atoms with Crippen LogP contribution in [0.5, 0.6) is 0 Å². The average Bonchev–Trinajstić information content (AvgIpc) is 2.94. The number of hydrogen-bond donors (Lipinski definition) is 1. The summed E-state index contributed by atoms with van der Waals surface area (Å²) in [6, 6.07) is 2.30. The third-order valence-corrected chi connectivity index (χ3v) is 4.13. The first-order chi connectivity index (χ1) is 9.31. The summed E-state index contributed by atoms with van der Waals surface area (Å²) in [5.41, 5.74) is 0.969. The number of pyridine rings is 1. The molecule has 2 saturated heterocycles. The monoisotopic (exact) mass is 264 g/mol. The Morgan fingerprint density at radius 2 is 2.11 bits per heavy atom. The van der Waals surface area contributed by atoms with Crippen molar-refractivity contribution in [3.8, 4) is 0 Å². The first-order valence-corrected chi connectivity index (χ1v) is 7.08. The van der Waals surface area contributed by atoms with Crippen LogP contribution in [0.2, 0.25) is 0 Å². The molecule has 1 N–H and O–H groups in total. The van der Waals surface area contributed by atoms with Gasteiger partial charge in [-0.2, -0.15) is 0 Å². The molecule has 0 aliphatic carbocycles. The molecule has 0 aromatic carbocycles. The summed E-state index contributed by atoms with van der Waals surface area (Å²) in [7, 11) is 0. The molecular weight excluding hydrogens is 243 g/mol. The Bertz CT molecular complexity index is 412. The minimum absolute atomic E-state index is 0.242. The van der Waals surface area contributed by atoms with Crippen LogP contribution in [0.3, 0.4) is 0 Å². The van der Waals surface area contributed by atoms with Gasteiger partial charge in [0.1, 0.15) is 5.82 Å². The Balaban J connectivity index is 1.50. The van der Waals surface area contributed by atoms with Gasteiger partial charge in [-0.3, -0.25) is 14.8 Å². The molecule has 1 atom stereocenters. The van der Waals surface area contributed by atoms with E-state index in [9.17, 15) is 4.39 Å². The van der Waals surface area contributed by atoms with E-state index < -0.39 is 0 Å². The van der Waals surface area contributed by atoms with Crippen LogP contribution < -0.4 is 5.32 Å². The van der Waals surface area contributed by atoms with Crippen LogP contribution in [0.15, 0.2) is 18.5 Å². The van der Waals surface area contributed by atoms with Crippen LogP contribution in [0, 0.1) is 5.82 Å². The smallest absolute Gasteiger partial charge is 0.141 e. The van der Waals surface area contributed by atoms with Crippen molar-refractivity contribution in [2.75, 3.05) is 39.3 Å². The fourth-order valence-corrected chi connectivity index (χ4v) is 3.04. The molecule has 3 heterocycles. The fraction of sp³-hybridized carbons (Fsp3) is 0.643. The van der Waals surface area contributed by atoms with Gasteiger partial charge in [0.15, 0.2) is 0 Å². The summed E-state index contributed by atoms with van der Waals surface area (Å²) in [5.74, 6) is -0.242. The Kier molecular flexibility index (Phi) is 4.06. The zero-order valence-corrected chi connectivity index (χ0v) is 11.2. The van der Waals surface area contributed by atoms with Crippen LogP contribution in [0.1, 0.15) is 12.0 Å².